The maximum Gasteiger partial charge on any atom is 0.266 e. The van der Waals surface area contributed by atoms with Crippen LogP contribution in [0.15, 0.2) is 41.2 Å². The number of aromatic nitrogens is 2. The van der Waals surface area contributed by atoms with Crippen LogP contribution in [0, 0.1) is 18.6 Å². The molecule has 1 aromatic heterocycles. The number of rotatable bonds is 6. The van der Waals surface area contributed by atoms with Crippen LogP contribution in [0.4, 0.5) is 8.78 Å². The normalized spacial score (nSPS) is 14.9. The fourth-order valence-electron chi connectivity index (χ4n) is 3.95. The monoisotopic (exact) mass is 413 g/mol. The predicted octanol–water partition coefficient (Wildman–Crippen LogP) is 4.23. The Labute approximate surface area is 173 Å². The maximum absolute atomic E-state index is 13.6. The molecule has 2 aromatic carbocycles. The number of halogens is 2. The van der Waals surface area contributed by atoms with E-state index in [9.17, 15) is 13.6 Å². The van der Waals surface area contributed by atoms with Gasteiger partial charge in [0.1, 0.15) is 11.6 Å². The number of aryl methyl sites for hydroxylation is 1. The highest BCUT2D eigenvalue weighted by Crippen LogP contribution is 2.19. The number of benzene rings is 2. The van der Waals surface area contributed by atoms with Gasteiger partial charge in [-0.1, -0.05) is 6.42 Å². The van der Waals surface area contributed by atoms with Gasteiger partial charge in [0.15, 0.2) is 11.6 Å². The van der Waals surface area contributed by atoms with Crippen molar-refractivity contribution in [3.05, 3.63) is 64.2 Å². The maximum atomic E-state index is 13.6. The molecule has 0 amide bonds. The first-order valence-corrected chi connectivity index (χ1v) is 10.4. The van der Waals surface area contributed by atoms with Gasteiger partial charge < -0.3 is 9.64 Å². The fraction of sp³-hybridized carbons (Fsp3) is 0.391. The highest BCUT2D eigenvalue weighted by atomic mass is 19.2. The number of hydrogen-bond donors (Lipinski definition) is 0. The molecular weight excluding hydrogens is 388 g/mol. The molecule has 1 aliphatic heterocycles. The van der Waals surface area contributed by atoms with Gasteiger partial charge in [0.25, 0.3) is 5.56 Å². The molecule has 0 spiro atoms. The summed E-state index contributed by atoms with van der Waals surface area (Å²) in [5, 5.41) is 0.0394. The molecule has 30 heavy (non-hydrogen) atoms. The summed E-state index contributed by atoms with van der Waals surface area (Å²) in [5.41, 5.74) is 0.296. The van der Waals surface area contributed by atoms with E-state index in [-0.39, 0.29) is 10.9 Å². The standard InChI is InChI=1S/C23H25F2N3O2/c1-16-26-22-15-21(25)20(24)14-19(22)23(29)28(16)17-6-8-18(9-7-17)30-13-5-12-27-10-3-2-4-11-27/h6-9,14-15H,2-5,10-13H2,1H3. The Balaban J connectivity index is 1.46. The second-order valence-electron chi connectivity index (χ2n) is 7.68. The Morgan fingerprint density at radius 1 is 1.03 bits per heavy atom. The van der Waals surface area contributed by atoms with Crippen LogP contribution in [0.2, 0.25) is 0 Å². The Morgan fingerprint density at radius 3 is 2.47 bits per heavy atom. The van der Waals surface area contributed by atoms with Crippen LogP contribution in [-0.4, -0.2) is 40.7 Å². The average Bonchev–Trinajstić information content (AvgIpc) is 2.75. The molecule has 7 heteroatoms. The van der Waals surface area contributed by atoms with E-state index in [0.29, 0.717) is 18.1 Å². The second-order valence-corrected chi connectivity index (χ2v) is 7.68. The number of piperidine rings is 1. The molecule has 158 valence electrons. The quantitative estimate of drug-likeness (QED) is 0.568. The average molecular weight is 413 g/mol. The van der Waals surface area contributed by atoms with Gasteiger partial charge in [-0.2, -0.15) is 0 Å². The van der Waals surface area contributed by atoms with Crippen molar-refractivity contribution < 1.29 is 13.5 Å². The molecule has 0 bridgehead atoms. The second kappa shape index (κ2) is 8.92. The molecule has 5 nitrogen and oxygen atoms in total. The number of likely N-dealkylation sites (tertiary alicyclic amines) is 1. The van der Waals surface area contributed by atoms with Crippen molar-refractivity contribution in [3.8, 4) is 11.4 Å². The van der Waals surface area contributed by atoms with Crippen LogP contribution < -0.4 is 10.3 Å². The van der Waals surface area contributed by atoms with Gasteiger partial charge in [-0.25, -0.2) is 13.8 Å². The van der Waals surface area contributed by atoms with Crippen LogP contribution in [-0.2, 0) is 0 Å². The zero-order valence-corrected chi connectivity index (χ0v) is 17.0. The van der Waals surface area contributed by atoms with Crippen molar-refractivity contribution >= 4 is 10.9 Å². The minimum absolute atomic E-state index is 0.0394. The molecule has 0 atom stereocenters. The lowest BCUT2D eigenvalue weighted by Gasteiger charge is -2.26. The van der Waals surface area contributed by atoms with Gasteiger partial charge in [0.05, 0.1) is 23.2 Å². The Hall–Kier alpha value is -2.80. The van der Waals surface area contributed by atoms with Crippen molar-refractivity contribution in [2.75, 3.05) is 26.2 Å². The van der Waals surface area contributed by atoms with Crippen LogP contribution in [0.1, 0.15) is 31.5 Å². The number of ether oxygens (including phenoxy) is 1. The summed E-state index contributed by atoms with van der Waals surface area (Å²) in [7, 11) is 0. The highest BCUT2D eigenvalue weighted by molar-refractivity contribution is 5.78. The van der Waals surface area contributed by atoms with Crippen LogP contribution in [0.25, 0.3) is 16.6 Å². The molecule has 3 aromatic rings. The molecule has 0 N–H and O–H groups in total. The zero-order valence-electron chi connectivity index (χ0n) is 17.0. The minimum Gasteiger partial charge on any atom is -0.494 e. The largest absolute Gasteiger partial charge is 0.494 e. The van der Waals surface area contributed by atoms with Crippen molar-refractivity contribution in [3.63, 3.8) is 0 Å². The van der Waals surface area contributed by atoms with Crippen molar-refractivity contribution in [2.45, 2.75) is 32.6 Å². The summed E-state index contributed by atoms with van der Waals surface area (Å²) in [6.07, 6.45) is 4.87. The Kier molecular flexibility index (Phi) is 6.08. The lowest BCUT2D eigenvalue weighted by molar-refractivity contribution is 0.205. The predicted molar refractivity (Wildman–Crippen MR) is 112 cm³/mol. The first-order chi connectivity index (χ1) is 14.5. The van der Waals surface area contributed by atoms with Gasteiger partial charge in [-0.05, 0) is 69.6 Å². The van der Waals surface area contributed by atoms with Gasteiger partial charge in [-0.3, -0.25) is 9.36 Å². The summed E-state index contributed by atoms with van der Waals surface area (Å²) >= 11 is 0. The number of fused-ring (bicyclic) bond motifs is 1. The summed E-state index contributed by atoms with van der Waals surface area (Å²) < 4.78 is 34.3. The molecule has 0 unspecified atom stereocenters. The fourth-order valence-corrected chi connectivity index (χ4v) is 3.95. The SMILES string of the molecule is Cc1nc2cc(F)c(F)cc2c(=O)n1-c1ccc(OCCCN2CCCCC2)cc1. The van der Waals surface area contributed by atoms with Crippen molar-refractivity contribution in [1.82, 2.24) is 14.5 Å². The summed E-state index contributed by atoms with van der Waals surface area (Å²) in [4.78, 5) is 19.6. The van der Waals surface area contributed by atoms with Crippen LogP contribution >= 0.6 is 0 Å². The zero-order chi connectivity index (χ0) is 21.1. The molecular formula is C23H25F2N3O2. The highest BCUT2D eigenvalue weighted by Gasteiger charge is 2.14. The third-order valence-electron chi connectivity index (χ3n) is 5.51. The van der Waals surface area contributed by atoms with Gasteiger partial charge in [-0.15, -0.1) is 0 Å². The first kappa shape index (κ1) is 20.5. The van der Waals surface area contributed by atoms with E-state index in [2.05, 4.69) is 9.88 Å². The molecule has 0 radical (unpaired) electrons. The lowest BCUT2D eigenvalue weighted by atomic mass is 10.1. The van der Waals surface area contributed by atoms with E-state index in [1.54, 1.807) is 31.2 Å². The topological polar surface area (TPSA) is 47.4 Å². The van der Waals surface area contributed by atoms with E-state index in [0.717, 1.165) is 30.8 Å². The molecule has 0 saturated carbocycles. The van der Waals surface area contributed by atoms with Crippen LogP contribution in [0.5, 0.6) is 5.75 Å². The summed E-state index contributed by atoms with van der Waals surface area (Å²) in [6, 6.07) is 8.98. The molecule has 2 heterocycles. The third kappa shape index (κ3) is 4.36. The summed E-state index contributed by atoms with van der Waals surface area (Å²) in [5.74, 6) is -0.961. The smallest absolute Gasteiger partial charge is 0.266 e. The van der Waals surface area contributed by atoms with Crippen molar-refractivity contribution in [2.24, 2.45) is 0 Å². The molecule has 4 rings (SSSR count). The van der Waals surface area contributed by atoms with E-state index in [1.165, 1.54) is 36.9 Å². The van der Waals surface area contributed by atoms with Crippen LogP contribution in [0.3, 0.4) is 0 Å². The van der Waals surface area contributed by atoms with E-state index in [1.807, 2.05) is 0 Å². The molecule has 1 fully saturated rings. The van der Waals surface area contributed by atoms with Gasteiger partial charge >= 0.3 is 0 Å². The first-order valence-electron chi connectivity index (χ1n) is 10.4. The summed E-state index contributed by atoms with van der Waals surface area (Å²) in [6.45, 7) is 5.70. The molecule has 1 aliphatic rings. The number of nitrogens with zero attached hydrogens (tertiary/aromatic N) is 3. The van der Waals surface area contributed by atoms with Gasteiger partial charge in [0.2, 0.25) is 0 Å². The van der Waals surface area contributed by atoms with E-state index >= 15 is 0 Å². The molecule has 0 aliphatic carbocycles. The van der Waals surface area contributed by atoms with Gasteiger partial charge in [0, 0.05) is 12.6 Å². The lowest BCUT2D eigenvalue weighted by Crippen LogP contribution is -2.31. The molecule has 1 saturated heterocycles. The van der Waals surface area contributed by atoms with E-state index < -0.39 is 17.2 Å². The minimum atomic E-state index is -1.06. The van der Waals surface area contributed by atoms with Crippen molar-refractivity contribution in [1.29, 1.82) is 0 Å². The third-order valence-corrected chi connectivity index (χ3v) is 5.51. The Morgan fingerprint density at radius 2 is 1.73 bits per heavy atom. The Bertz CT molecular complexity index is 1090. The van der Waals surface area contributed by atoms with E-state index in [4.69, 9.17) is 4.74 Å². The number of hydrogen-bond acceptors (Lipinski definition) is 4.